The van der Waals surface area contributed by atoms with Crippen LogP contribution in [0, 0.1) is 12.7 Å². The monoisotopic (exact) mass is 360 g/mol. The first-order valence-electron chi connectivity index (χ1n) is 9.06. The average Bonchev–Trinajstić information content (AvgIpc) is 3.26. The topological polar surface area (TPSA) is 69.9 Å². The van der Waals surface area contributed by atoms with Crippen molar-refractivity contribution in [1.82, 2.24) is 15.5 Å². The van der Waals surface area contributed by atoms with Gasteiger partial charge in [-0.1, -0.05) is 0 Å². The molecule has 0 radical (unpaired) electrons. The van der Waals surface area contributed by atoms with Gasteiger partial charge in [0.05, 0.1) is 6.54 Å². The number of aryl methyl sites for hydroxylation is 1. The van der Waals surface area contributed by atoms with Gasteiger partial charge in [-0.2, -0.15) is 0 Å². The van der Waals surface area contributed by atoms with Gasteiger partial charge < -0.3 is 20.0 Å². The Bertz CT molecular complexity index is 809. The fourth-order valence-corrected chi connectivity index (χ4v) is 3.13. The van der Waals surface area contributed by atoms with Crippen LogP contribution in [0.2, 0.25) is 0 Å². The van der Waals surface area contributed by atoms with Crippen LogP contribution in [-0.4, -0.2) is 42.9 Å². The molecule has 1 amide bonds. The van der Waals surface area contributed by atoms with Crippen molar-refractivity contribution < 1.29 is 13.6 Å². The van der Waals surface area contributed by atoms with Crippen LogP contribution in [0.5, 0.6) is 0 Å². The van der Waals surface area contributed by atoms with Gasteiger partial charge in [-0.15, -0.1) is 0 Å². The van der Waals surface area contributed by atoms with Crippen molar-refractivity contribution in [2.75, 3.05) is 26.2 Å². The number of halogens is 1. The Hall–Kier alpha value is -2.57. The number of rotatable bonds is 5. The summed E-state index contributed by atoms with van der Waals surface area (Å²) in [6.07, 6.45) is 2.14. The van der Waals surface area contributed by atoms with Crippen molar-refractivity contribution in [2.24, 2.45) is 4.99 Å². The molecule has 6 nitrogen and oxygen atoms in total. The van der Waals surface area contributed by atoms with E-state index in [2.05, 4.69) is 15.6 Å². The number of carbonyl (C=O) groups is 1. The van der Waals surface area contributed by atoms with E-state index in [1.807, 2.05) is 18.7 Å². The van der Waals surface area contributed by atoms with Crippen molar-refractivity contribution in [3.8, 4) is 0 Å². The summed E-state index contributed by atoms with van der Waals surface area (Å²) in [5.74, 6) is 1.06. The molecule has 1 aliphatic rings. The molecule has 0 spiro atoms. The standard InChI is InChI=1S/C19H25FN4O2/c1-3-21-19(23-12-18(25)24-8-4-5-9-24)22-11-17-13(2)15-10-14(20)6-7-16(15)26-17/h6-7,10H,3-5,8-9,11-12H2,1-2H3,(H2,21,22,23). The lowest BCUT2D eigenvalue weighted by Crippen LogP contribution is -2.38. The van der Waals surface area contributed by atoms with Crippen molar-refractivity contribution >= 4 is 22.8 Å². The maximum absolute atomic E-state index is 13.4. The smallest absolute Gasteiger partial charge is 0.244 e. The number of hydrogen-bond donors (Lipinski definition) is 2. The molecular formula is C19H25FN4O2. The zero-order valence-corrected chi connectivity index (χ0v) is 15.3. The maximum atomic E-state index is 13.4. The van der Waals surface area contributed by atoms with Gasteiger partial charge in [0.25, 0.3) is 0 Å². The minimum absolute atomic E-state index is 0.0510. The van der Waals surface area contributed by atoms with Gasteiger partial charge in [-0.05, 0) is 44.9 Å². The molecule has 2 aromatic rings. The normalized spacial score (nSPS) is 14.9. The van der Waals surface area contributed by atoms with Crippen LogP contribution < -0.4 is 10.6 Å². The Morgan fingerprint density at radius 3 is 2.81 bits per heavy atom. The first-order chi connectivity index (χ1) is 12.6. The van der Waals surface area contributed by atoms with Gasteiger partial charge in [0, 0.05) is 30.6 Å². The molecule has 0 bridgehead atoms. The third-order valence-electron chi connectivity index (χ3n) is 4.59. The third kappa shape index (κ3) is 4.15. The molecule has 2 N–H and O–H groups in total. The fourth-order valence-electron chi connectivity index (χ4n) is 3.13. The number of nitrogens with one attached hydrogen (secondary N) is 2. The number of hydrogen-bond acceptors (Lipinski definition) is 3. The molecular weight excluding hydrogens is 335 g/mol. The predicted octanol–water partition coefficient (Wildman–Crippen LogP) is 2.56. The minimum Gasteiger partial charge on any atom is -0.459 e. The first-order valence-corrected chi connectivity index (χ1v) is 9.06. The fraction of sp³-hybridized carbons (Fsp3) is 0.474. The molecule has 1 fully saturated rings. The lowest BCUT2D eigenvalue weighted by molar-refractivity contribution is -0.128. The lowest BCUT2D eigenvalue weighted by atomic mass is 10.1. The molecule has 0 aliphatic carbocycles. The van der Waals surface area contributed by atoms with Crippen LogP contribution in [0.15, 0.2) is 27.6 Å². The molecule has 0 atom stereocenters. The highest BCUT2D eigenvalue weighted by Gasteiger charge is 2.17. The molecule has 7 heteroatoms. The highest BCUT2D eigenvalue weighted by atomic mass is 19.1. The zero-order valence-electron chi connectivity index (χ0n) is 15.3. The number of furan rings is 1. The molecule has 26 heavy (non-hydrogen) atoms. The highest BCUT2D eigenvalue weighted by molar-refractivity contribution is 5.85. The summed E-state index contributed by atoms with van der Waals surface area (Å²) in [5, 5.41) is 7.08. The van der Waals surface area contributed by atoms with Gasteiger partial charge >= 0.3 is 0 Å². The number of carbonyl (C=O) groups excluding carboxylic acids is 1. The summed E-state index contributed by atoms with van der Waals surface area (Å²) >= 11 is 0. The summed E-state index contributed by atoms with van der Waals surface area (Å²) in [7, 11) is 0. The molecule has 1 aromatic carbocycles. The van der Waals surface area contributed by atoms with E-state index in [1.165, 1.54) is 12.1 Å². The van der Waals surface area contributed by atoms with Crippen molar-refractivity contribution in [3.05, 3.63) is 35.3 Å². The van der Waals surface area contributed by atoms with Crippen LogP contribution in [0.4, 0.5) is 4.39 Å². The summed E-state index contributed by atoms with van der Waals surface area (Å²) in [4.78, 5) is 18.4. The molecule has 140 valence electrons. The number of guanidine groups is 1. The van der Waals surface area contributed by atoms with E-state index in [9.17, 15) is 9.18 Å². The van der Waals surface area contributed by atoms with Crippen LogP contribution in [0.25, 0.3) is 11.0 Å². The SMILES string of the molecule is CCNC(=NCC(=O)N1CCCC1)NCc1oc2ccc(F)cc2c1C. The van der Waals surface area contributed by atoms with Gasteiger partial charge in [0.15, 0.2) is 5.96 Å². The Labute approximate surface area is 152 Å². The van der Waals surface area contributed by atoms with E-state index in [-0.39, 0.29) is 18.3 Å². The van der Waals surface area contributed by atoms with E-state index in [0.717, 1.165) is 42.6 Å². The molecule has 0 unspecified atom stereocenters. The number of fused-ring (bicyclic) bond motifs is 1. The second-order valence-electron chi connectivity index (χ2n) is 6.43. The van der Waals surface area contributed by atoms with Gasteiger partial charge in [-0.25, -0.2) is 9.38 Å². The number of nitrogens with zero attached hydrogens (tertiary/aromatic N) is 2. The molecule has 2 heterocycles. The van der Waals surface area contributed by atoms with Crippen LogP contribution in [-0.2, 0) is 11.3 Å². The largest absolute Gasteiger partial charge is 0.459 e. The molecule has 1 aromatic heterocycles. The van der Waals surface area contributed by atoms with Crippen molar-refractivity contribution in [1.29, 1.82) is 0 Å². The van der Waals surface area contributed by atoms with E-state index < -0.39 is 0 Å². The predicted molar refractivity (Wildman–Crippen MR) is 99.5 cm³/mol. The quantitative estimate of drug-likeness (QED) is 0.635. The van der Waals surface area contributed by atoms with E-state index >= 15 is 0 Å². The molecule has 1 aliphatic heterocycles. The highest BCUT2D eigenvalue weighted by Crippen LogP contribution is 2.25. The Kier molecular flexibility index (Phi) is 5.75. The lowest BCUT2D eigenvalue weighted by Gasteiger charge is -2.15. The maximum Gasteiger partial charge on any atom is 0.244 e. The molecule has 3 rings (SSSR count). The number of amides is 1. The van der Waals surface area contributed by atoms with Crippen LogP contribution in [0.1, 0.15) is 31.1 Å². The van der Waals surface area contributed by atoms with E-state index in [4.69, 9.17) is 4.42 Å². The second kappa shape index (κ2) is 8.21. The number of aliphatic imine (C=N–C) groups is 1. The first kappa shape index (κ1) is 18.2. The Morgan fingerprint density at radius 2 is 2.08 bits per heavy atom. The molecule has 0 saturated carbocycles. The molecule has 1 saturated heterocycles. The Balaban J connectivity index is 1.65. The van der Waals surface area contributed by atoms with Crippen molar-refractivity contribution in [2.45, 2.75) is 33.2 Å². The average molecular weight is 360 g/mol. The van der Waals surface area contributed by atoms with Gasteiger partial charge in [0.1, 0.15) is 23.7 Å². The number of benzene rings is 1. The van der Waals surface area contributed by atoms with E-state index in [1.54, 1.807) is 6.07 Å². The summed E-state index contributed by atoms with van der Waals surface area (Å²) in [6.45, 7) is 6.75. The Morgan fingerprint density at radius 1 is 1.31 bits per heavy atom. The summed E-state index contributed by atoms with van der Waals surface area (Å²) in [5.41, 5.74) is 1.56. The third-order valence-corrected chi connectivity index (χ3v) is 4.59. The van der Waals surface area contributed by atoms with Crippen LogP contribution >= 0.6 is 0 Å². The summed E-state index contributed by atoms with van der Waals surface area (Å²) < 4.78 is 19.2. The number of likely N-dealkylation sites (tertiary alicyclic amines) is 1. The zero-order chi connectivity index (χ0) is 18.5. The van der Waals surface area contributed by atoms with Gasteiger partial charge in [-0.3, -0.25) is 4.79 Å². The van der Waals surface area contributed by atoms with Crippen LogP contribution in [0.3, 0.4) is 0 Å². The second-order valence-corrected chi connectivity index (χ2v) is 6.43. The van der Waals surface area contributed by atoms with Gasteiger partial charge in [0.2, 0.25) is 5.91 Å². The minimum atomic E-state index is -0.281. The van der Waals surface area contributed by atoms with E-state index in [0.29, 0.717) is 24.6 Å². The van der Waals surface area contributed by atoms with Crippen molar-refractivity contribution in [3.63, 3.8) is 0 Å². The summed E-state index contributed by atoms with van der Waals surface area (Å²) in [6, 6.07) is 4.50.